The first-order chi connectivity index (χ1) is 14.1. The lowest BCUT2D eigenvalue weighted by atomic mass is 9.49. The van der Waals surface area contributed by atoms with Gasteiger partial charge in [0.05, 0.1) is 6.10 Å². The van der Waals surface area contributed by atoms with Gasteiger partial charge in [0.2, 0.25) is 0 Å². The Balaban J connectivity index is 1.53. The van der Waals surface area contributed by atoms with E-state index in [1.807, 2.05) is 0 Å². The van der Waals surface area contributed by atoms with Crippen LogP contribution in [0.3, 0.4) is 0 Å². The second-order valence-electron chi connectivity index (χ2n) is 12.5. The molecule has 1 heterocycles. The van der Waals surface area contributed by atoms with E-state index in [-0.39, 0.29) is 23.6 Å². The molecule has 0 aromatic carbocycles. The third-order valence-electron chi connectivity index (χ3n) is 10.4. The maximum atomic E-state index is 12.9. The van der Waals surface area contributed by atoms with E-state index >= 15 is 0 Å². The van der Waals surface area contributed by atoms with Gasteiger partial charge in [-0.15, -0.1) is 0 Å². The monoisotopic (exact) mass is 418 g/mol. The maximum Gasteiger partial charge on any atom is 0.306 e. The highest BCUT2D eigenvalue weighted by Gasteiger charge is 2.61. The van der Waals surface area contributed by atoms with Gasteiger partial charge in [-0.3, -0.25) is 4.79 Å². The van der Waals surface area contributed by atoms with Crippen LogP contribution in [0.2, 0.25) is 0 Å². The molecule has 0 amide bonds. The lowest BCUT2D eigenvalue weighted by Gasteiger charge is -2.55. The number of hydrogen-bond acceptors (Lipinski definition) is 3. The first-order valence-corrected chi connectivity index (χ1v) is 13.0. The van der Waals surface area contributed by atoms with Crippen molar-refractivity contribution in [3.8, 4) is 0 Å². The number of esters is 1. The van der Waals surface area contributed by atoms with Crippen LogP contribution in [-0.2, 0) is 9.53 Å². The Morgan fingerprint density at radius 3 is 2.43 bits per heavy atom. The Kier molecular flexibility index (Phi) is 6.34. The third-order valence-corrected chi connectivity index (χ3v) is 10.4. The van der Waals surface area contributed by atoms with E-state index in [1.165, 1.54) is 44.9 Å². The van der Waals surface area contributed by atoms with Gasteiger partial charge in [0.15, 0.2) is 0 Å². The maximum absolute atomic E-state index is 12.9. The molecule has 4 aliphatic rings. The van der Waals surface area contributed by atoms with Crippen molar-refractivity contribution in [2.24, 2.45) is 46.3 Å². The second kappa shape index (κ2) is 8.41. The standard InChI is InChI=1S/C27H46O3/c1-17(2)7-6-8-18(3)21-9-10-22-20-16-25(29)30-24-15-19(28)11-13-27(24,5)23(20)12-14-26(21,22)4/h17-24,28H,6-16H2,1-5H3/t18-,19+,20+,21-,22+,23+,24+,26-,27-/m1/s1. The number of carbonyl (C=O) groups is 1. The van der Waals surface area contributed by atoms with Crippen LogP contribution in [0.4, 0.5) is 0 Å². The lowest BCUT2D eigenvalue weighted by molar-refractivity contribution is -0.162. The van der Waals surface area contributed by atoms with Crippen LogP contribution in [0.1, 0.15) is 105 Å². The average molecular weight is 419 g/mol. The summed E-state index contributed by atoms with van der Waals surface area (Å²) in [5.41, 5.74) is 0.446. The quantitative estimate of drug-likeness (QED) is 0.527. The molecule has 0 aromatic rings. The molecule has 9 atom stereocenters. The SMILES string of the molecule is CC(C)CCC[C@@H](C)[C@H]1CC[C@H]2[C@@H]3CC(=O)O[C@H]4C[C@@H](O)CC[C@]4(C)[C@H]3CC[C@]12C. The topological polar surface area (TPSA) is 46.5 Å². The molecule has 3 nitrogen and oxygen atoms in total. The molecule has 1 saturated heterocycles. The van der Waals surface area contributed by atoms with Crippen molar-refractivity contribution in [1.82, 2.24) is 0 Å². The van der Waals surface area contributed by atoms with E-state index in [4.69, 9.17) is 4.74 Å². The Morgan fingerprint density at radius 1 is 1.00 bits per heavy atom. The summed E-state index contributed by atoms with van der Waals surface area (Å²) in [6, 6.07) is 0. The number of aliphatic hydroxyl groups is 1. The molecule has 0 bridgehead atoms. The van der Waals surface area contributed by atoms with Gasteiger partial charge in [0.25, 0.3) is 0 Å². The highest BCUT2D eigenvalue weighted by Crippen LogP contribution is 2.66. The lowest BCUT2D eigenvalue weighted by Crippen LogP contribution is -2.52. The molecular formula is C27H46O3. The number of hydrogen-bond donors (Lipinski definition) is 1. The fraction of sp³-hybridized carbons (Fsp3) is 0.963. The van der Waals surface area contributed by atoms with Crippen molar-refractivity contribution >= 4 is 5.97 Å². The summed E-state index contributed by atoms with van der Waals surface area (Å²) in [5.74, 6) is 4.14. The molecule has 4 rings (SSSR count). The van der Waals surface area contributed by atoms with Gasteiger partial charge in [-0.25, -0.2) is 0 Å². The van der Waals surface area contributed by atoms with Gasteiger partial charge in [-0.05, 0) is 79.4 Å². The largest absolute Gasteiger partial charge is 0.462 e. The molecule has 3 saturated carbocycles. The van der Waals surface area contributed by atoms with Crippen molar-refractivity contribution in [3.63, 3.8) is 0 Å². The van der Waals surface area contributed by atoms with Gasteiger partial charge < -0.3 is 9.84 Å². The summed E-state index contributed by atoms with van der Waals surface area (Å²) in [6.07, 6.45) is 12.0. The number of carbonyl (C=O) groups excluding carboxylic acids is 1. The van der Waals surface area contributed by atoms with Gasteiger partial charge in [-0.1, -0.05) is 53.9 Å². The molecule has 3 heteroatoms. The predicted octanol–water partition coefficient (Wildman–Crippen LogP) is 6.37. The molecule has 30 heavy (non-hydrogen) atoms. The average Bonchev–Trinajstić information content (AvgIpc) is 2.97. The molecule has 3 aliphatic carbocycles. The zero-order valence-corrected chi connectivity index (χ0v) is 20.2. The summed E-state index contributed by atoms with van der Waals surface area (Å²) in [7, 11) is 0. The minimum Gasteiger partial charge on any atom is -0.462 e. The third kappa shape index (κ3) is 3.86. The summed E-state index contributed by atoms with van der Waals surface area (Å²) >= 11 is 0. The highest BCUT2D eigenvalue weighted by molar-refractivity contribution is 5.70. The number of fused-ring (bicyclic) bond motifs is 5. The highest BCUT2D eigenvalue weighted by atomic mass is 16.5. The van der Waals surface area contributed by atoms with Crippen LogP contribution in [0.5, 0.6) is 0 Å². The molecule has 0 aromatic heterocycles. The summed E-state index contributed by atoms with van der Waals surface area (Å²) in [6.45, 7) is 12.1. The fourth-order valence-electron chi connectivity index (χ4n) is 8.69. The van der Waals surface area contributed by atoms with Crippen molar-refractivity contribution in [1.29, 1.82) is 0 Å². The smallest absolute Gasteiger partial charge is 0.306 e. The Labute approximate surface area is 184 Å². The van der Waals surface area contributed by atoms with E-state index in [9.17, 15) is 9.90 Å². The van der Waals surface area contributed by atoms with Crippen molar-refractivity contribution in [2.75, 3.05) is 0 Å². The van der Waals surface area contributed by atoms with E-state index < -0.39 is 0 Å². The van der Waals surface area contributed by atoms with E-state index in [0.717, 1.165) is 30.6 Å². The Bertz CT molecular complexity index is 630. The Morgan fingerprint density at radius 2 is 1.70 bits per heavy atom. The first-order valence-electron chi connectivity index (χ1n) is 13.0. The molecular weight excluding hydrogens is 372 g/mol. The van der Waals surface area contributed by atoms with Crippen molar-refractivity contribution in [3.05, 3.63) is 0 Å². The molecule has 0 radical (unpaired) electrons. The minimum atomic E-state index is -0.302. The number of ether oxygens (including phenoxy) is 1. The van der Waals surface area contributed by atoms with E-state index in [0.29, 0.717) is 36.0 Å². The zero-order chi connectivity index (χ0) is 21.7. The van der Waals surface area contributed by atoms with Gasteiger partial charge in [-0.2, -0.15) is 0 Å². The van der Waals surface area contributed by atoms with Crippen molar-refractivity contribution in [2.45, 2.75) is 117 Å². The van der Waals surface area contributed by atoms with Crippen molar-refractivity contribution < 1.29 is 14.6 Å². The van der Waals surface area contributed by atoms with E-state index in [1.54, 1.807) is 0 Å². The second-order valence-corrected chi connectivity index (χ2v) is 12.5. The zero-order valence-electron chi connectivity index (χ0n) is 20.2. The van der Waals surface area contributed by atoms with Crippen LogP contribution in [-0.4, -0.2) is 23.3 Å². The number of rotatable bonds is 5. The van der Waals surface area contributed by atoms with Crippen LogP contribution < -0.4 is 0 Å². The predicted molar refractivity (Wildman–Crippen MR) is 121 cm³/mol. The van der Waals surface area contributed by atoms with Gasteiger partial charge in [0, 0.05) is 18.3 Å². The van der Waals surface area contributed by atoms with Crippen LogP contribution >= 0.6 is 0 Å². The van der Waals surface area contributed by atoms with Gasteiger partial charge in [0.1, 0.15) is 6.10 Å². The molecule has 172 valence electrons. The molecule has 4 fully saturated rings. The molecule has 1 aliphatic heterocycles. The minimum absolute atomic E-state index is 0.00510. The van der Waals surface area contributed by atoms with E-state index in [2.05, 4.69) is 34.6 Å². The first kappa shape index (κ1) is 22.6. The molecule has 0 unspecified atom stereocenters. The summed E-state index contributed by atoms with van der Waals surface area (Å²) in [4.78, 5) is 12.9. The number of aliphatic hydroxyl groups excluding tert-OH is 1. The summed E-state index contributed by atoms with van der Waals surface area (Å²) < 4.78 is 6.01. The van der Waals surface area contributed by atoms with Crippen LogP contribution in [0.25, 0.3) is 0 Å². The summed E-state index contributed by atoms with van der Waals surface area (Å²) in [5, 5.41) is 10.2. The fourth-order valence-corrected chi connectivity index (χ4v) is 8.69. The normalized spacial score (nSPS) is 47.1. The Hall–Kier alpha value is -0.570. The van der Waals surface area contributed by atoms with Crippen LogP contribution in [0.15, 0.2) is 0 Å². The van der Waals surface area contributed by atoms with Crippen LogP contribution in [0, 0.1) is 46.3 Å². The molecule has 1 N–H and O–H groups in total. The van der Waals surface area contributed by atoms with Gasteiger partial charge >= 0.3 is 5.97 Å². The molecule has 0 spiro atoms.